The highest BCUT2D eigenvalue weighted by molar-refractivity contribution is 14.0. The molecule has 2 aliphatic heterocycles. The number of hydrogen-bond acceptors (Lipinski definition) is 4. The van der Waals surface area contributed by atoms with Crippen LogP contribution >= 0.6 is 24.0 Å². The van der Waals surface area contributed by atoms with E-state index >= 15 is 0 Å². The number of aliphatic imine (C=N–C) groups is 1. The van der Waals surface area contributed by atoms with E-state index in [-0.39, 0.29) is 24.0 Å². The van der Waals surface area contributed by atoms with Crippen LogP contribution in [0.5, 0.6) is 0 Å². The number of fused-ring (bicyclic) bond motifs is 2. The van der Waals surface area contributed by atoms with Gasteiger partial charge in [0, 0.05) is 45.8 Å². The van der Waals surface area contributed by atoms with Gasteiger partial charge in [0.2, 0.25) is 0 Å². The summed E-state index contributed by atoms with van der Waals surface area (Å²) in [4.78, 5) is 13.9. The molecule has 7 heteroatoms. The predicted octanol–water partition coefficient (Wildman–Crippen LogP) is 3.63. The molecule has 2 bridgehead atoms. The molecule has 2 saturated heterocycles. The zero-order chi connectivity index (χ0) is 20.9. The molecule has 168 valence electrons. The highest BCUT2D eigenvalue weighted by Crippen LogP contribution is 2.36. The number of piperidine rings is 1. The first-order valence-corrected chi connectivity index (χ1v) is 11.0. The monoisotopic (exact) mass is 534 g/mol. The number of pyridine rings is 1. The van der Waals surface area contributed by atoms with Crippen LogP contribution in [-0.4, -0.2) is 55.1 Å². The van der Waals surface area contributed by atoms with Crippen molar-refractivity contribution in [3.8, 4) is 0 Å². The topological polar surface area (TPSA) is 55.8 Å². The molecule has 2 N–H and O–H groups in total. The normalized spacial score (nSPS) is 23.2. The molecule has 2 fully saturated rings. The molecule has 2 aliphatic rings. The number of rotatable bonds is 6. The first-order chi connectivity index (χ1) is 14.6. The zero-order valence-corrected chi connectivity index (χ0v) is 21.1. The summed E-state index contributed by atoms with van der Waals surface area (Å²) in [7, 11) is 5.87. The SMILES string of the molecule is CN=C(NCc1cccc(N(C)C)n1)NC1CC2CCC(C1)N2Cc1ccccc1.I. The molecule has 2 atom stereocenters. The zero-order valence-electron chi connectivity index (χ0n) is 18.8. The molecular weight excluding hydrogens is 499 g/mol. The molecule has 0 aliphatic carbocycles. The van der Waals surface area contributed by atoms with Crippen molar-refractivity contribution in [2.75, 3.05) is 26.0 Å². The molecule has 0 amide bonds. The lowest BCUT2D eigenvalue weighted by Crippen LogP contribution is -2.52. The van der Waals surface area contributed by atoms with E-state index in [4.69, 9.17) is 0 Å². The average molecular weight is 534 g/mol. The van der Waals surface area contributed by atoms with E-state index in [2.05, 4.69) is 68.0 Å². The molecule has 0 saturated carbocycles. The van der Waals surface area contributed by atoms with E-state index in [9.17, 15) is 0 Å². The van der Waals surface area contributed by atoms with Crippen molar-refractivity contribution in [3.63, 3.8) is 0 Å². The van der Waals surface area contributed by atoms with Gasteiger partial charge < -0.3 is 15.5 Å². The van der Waals surface area contributed by atoms with Crippen LogP contribution in [0.25, 0.3) is 0 Å². The molecule has 1 aromatic carbocycles. The van der Waals surface area contributed by atoms with Crippen LogP contribution in [0.1, 0.15) is 36.9 Å². The van der Waals surface area contributed by atoms with Crippen LogP contribution < -0.4 is 15.5 Å². The second-order valence-corrected chi connectivity index (χ2v) is 8.66. The minimum Gasteiger partial charge on any atom is -0.363 e. The van der Waals surface area contributed by atoms with Gasteiger partial charge in [-0.1, -0.05) is 36.4 Å². The van der Waals surface area contributed by atoms with Gasteiger partial charge in [-0.05, 0) is 43.4 Å². The fraction of sp³-hybridized carbons (Fsp3) is 0.500. The Morgan fingerprint density at radius 1 is 1.06 bits per heavy atom. The van der Waals surface area contributed by atoms with Crippen LogP contribution in [0.4, 0.5) is 5.82 Å². The second kappa shape index (κ2) is 11.1. The summed E-state index contributed by atoms with van der Waals surface area (Å²) in [6, 6.07) is 18.8. The van der Waals surface area contributed by atoms with Gasteiger partial charge in [0.1, 0.15) is 5.82 Å². The summed E-state index contributed by atoms with van der Waals surface area (Å²) in [6.07, 6.45) is 4.97. The van der Waals surface area contributed by atoms with Crippen LogP contribution in [0.3, 0.4) is 0 Å². The Labute approximate surface area is 203 Å². The van der Waals surface area contributed by atoms with Crippen molar-refractivity contribution >= 4 is 35.8 Å². The molecule has 2 aromatic rings. The lowest BCUT2D eigenvalue weighted by atomic mass is 9.96. The number of anilines is 1. The number of aromatic nitrogens is 1. The standard InChI is InChI=1S/C24H34N6.HI/c1-25-24(26-16-19-10-7-11-23(27-19)29(2)3)28-20-14-21-12-13-22(15-20)30(21)17-18-8-5-4-6-9-18;/h4-11,20-22H,12-17H2,1-3H3,(H2,25,26,28);1H. The summed E-state index contributed by atoms with van der Waals surface area (Å²) in [5.74, 6) is 1.84. The number of hydrogen-bond donors (Lipinski definition) is 2. The maximum Gasteiger partial charge on any atom is 0.191 e. The van der Waals surface area contributed by atoms with E-state index in [1.54, 1.807) is 0 Å². The molecule has 1 aromatic heterocycles. The maximum absolute atomic E-state index is 4.68. The Hall–Kier alpha value is -1.87. The fourth-order valence-corrected chi connectivity index (χ4v) is 4.82. The largest absolute Gasteiger partial charge is 0.363 e. The van der Waals surface area contributed by atoms with Gasteiger partial charge in [-0.15, -0.1) is 24.0 Å². The van der Waals surface area contributed by atoms with Crippen LogP contribution in [-0.2, 0) is 13.1 Å². The third-order valence-electron chi connectivity index (χ3n) is 6.34. The average Bonchev–Trinajstić information content (AvgIpc) is 2.99. The smallest absolute Gasteiger partial charge is 0.191 e. The van der Waals surface area contributed by atoms with E-state index in [1.807, 2.05) is 32.1 Å². The Balaban J connectivity index is 0.00000272. The highest BCUT2D eigenvalue weighted by atomic mass is 127. The van der Waals surface area contributed by atoms with Crippen molar-refractivity contribution in [1.29, 1.82) is 0 Å². The van der Waals surface area contributed by atoms with E-state index < -0.39 is 0 Å². The predicted molar refractivity (Wildman–Crippen MR) is 139 cm³/mol. The highest BCUT2D eigenvalue weighted by Gasteiger charge is 2.40. The van der Waals surface area contributed by atoms with Crippen LogP contribution in [0.2, 0.25) is 0 Å². The third-order valence-corrected chi connectivity index (χ3v) is 6.34. The Kier molecular flexibility index (Phi) is 8.54. The van der Waals surface area contributed by atoms with E-state index in [0.717, 1.165) is 24.0 Å². The maximum atomic E-state index is 4.68. The lowest BCUT2D eigenvalue weighted by molar-refractivity contribution is 0.114. The Morgan fingerprint density at radius 2 is 1.77 bits per heavy atom. The summed E-state index contributed by atoms with van der Waals surface area (Å²) in [5, 5.41) is 7.12. The fourth-order valence-electron chi connectivity index (χ4n) is 4.82. The van der Waals surface area contributed by atoms with Gasteiger partial charge in [0.05, 0.1) is 12.2 Å². The third kappa shape index (κ3) is 6.10. The van der Waals surface area contributed by atoms with Gasteiger partial charge in [-0.3, -0.25) is 9.89 Å². The lowest BCUT2D eigenvalue weighted by Gasteiger charge is -2.39. The number of benzene rings is 1. The molecule has 31 heavy (non-hydrogen) atoms. The van der Waals surface area contributed by atoms with E-state index in [1.165, 1.54) is 31.2 Å². The quantitative estimate of drug-likeness (QED) is 0.337. The summed E-state index contributed by atoms with van der Waals surface area (Å²) in [6.45, 7) is 1.74. The first-order valence-electron chi connectivity index (χ1n) is 11.0. The molecule has 6 nitrogen and oxygen atoms in total. The molecule has 2 unspecified atom stereocenters. The summed E-state index contributed by atoms with van der Waals surface area (Å²) >= 11 is 0. The van der Waals surface area contributed by atoms with Gasteiger partial charge >= 0.3 is 0 Å². The number of halogens is 1. The molecular formula is C24H35IN6. The van der Waals surface area contributed by atoms with Gasteiger partial charge in [-0.25, -0.2) is 4.98 Å². The van der Waals surface area contributed by atoms with Gasteiger partial charge in [0.25, 0.3) is 0 Å². The van der Waals surface area contributed by atoms with Gasteiger partial charge in [-0.2, -0.15) is 0 Å². The van der Waals surface area contributed by atoms with Crippen molar-refractivity contribution in [3.05, 3.63) is 59.8 Å². The van der Waals surface area contributed by atoms with Crippen molar-refractivity contribution in [2.24, 2.45) is 4.99 Å². The van der Waals surface area contributed by atoms with Crippen LogP contribution in [0.15, 0.2) is 53.5 Å². The van der Waals surface area contributed by atoms with E-state index in [0.29, 0.717) is 24.7 Å². The number of guanidine groups is 1. The Bertz CT molecular complexity index is 842. The summed E-state index contributed by atoms with van der Waals surface area (Å²) < 4.78 is 0. The molecule has 0 spiro atoms. The molecule has 3 heterocycles. The van der Waals surface area contributed by atoms with Gasteiger partial charge in [0.15, 0.2) is 5.96 Å². The number of nitrogens with one attached hydrogen (secondary N) is 2. The van der Waals surface area contributed by atoms with Crippen molar-refractivity contribution < 1.29 is 0 Å². The van der Waals surface area contributed by atoms with Crippen molar-refractivity contribution in [2.45, 2.75) is 56.9 Å². The molecule has 4 rings (SSSR count). The molecule has 0 radical (unpaired) electrons. The van der Waals surface area contributed by atoms with Crippen molar-refractivity contribution in [1.82, 2.24) is 20.5 Å². The summed E-state index contributed by atoms with van der Waals surface area (Å²) in [5.41, 5.74) is 2.44. The first kappa shape index (κ1) is 23.8. The van der Waals surface area contributed by atoms with Crippen LogP contribution in [0, 0.1) is 0 Å². The second-order valence-electron chi connectivity index (χ2n) is 8.66. The number of nitrogens with zero attached hydrogens (tertiary/aromatic N) is 4. The minimum atomic E-state index is 0. The minimum absolute atomic E-state index is 0. The Morgan fingerprint density at radius 3 is 2.42 bits per heavy atom.